The van der Waals surface area contributed by atoms with E-state index < -0.39 is 33.4 Å². The number of nitrogens with one attached hydrogen (secondary N) is 1. The molecule has 3 rings (SSSR count). The molecule has 1 saturated heterocycles. The SMILES string of the molecule is CC(C)C1C(=O)N2C(C(=O)OCc3ccc([N+](=O)[O-])cc3)=C(S(=O)CCNC(=O)OC(C)(C)C)CC12. The maximum atomic E-state index is 13.2. The predicted octanol–water partition coefficient (Wildman–Crippen LogP) is 3.01. The van der Waals surface area contributed by atoms with Crippen LogP contribution in [0.5, 0.6) is 0 Å². The second kappa shape index (κ2) is 10.8. The molecule has 36 heavy (non-hydrogen) atoms. The van der Waals surface area contributed by atoms with Crippen molar-refractivity contribution in [2.45, 2.75) is 59.3 Å². The van der Waals surface area contributed by atoms with E-state index in [9.17, 15) is 28.7 Å². The highest BCUT2D eigenvalue weighted by Gasteiger charge is 2.57. The number of non-ortho nitro benzene ring substituents is 1. The first kappa shape index (κ1) is 27.3. The Morgan fingerprint density at radius 1 is 1.25 bits per heavy atom. The Labute approximate surface area is 211 Å². The van der Waals surface area contributed by atoms with Gasteiger partial charge in [-0.05, 0) is 44.4 Å². The summed E-state index contributed by atoms with van der Waals surface area (Å²) in [5, 5.41) is 13.4. The Balaban J connectivity index is 1.72. The van der Waals surface area contributed by atoms with Crippen LogP contribution in [0.15, 0.2) is 34.9 Å². The number of fused-ring (bicyclic) bond motifs is 1. The molecule has 0 radical (unpaired) electrons. The summed E-state index contributed by atoms with van der Waals surface area (Å²) in [5.41, 5.74) is -0.242. The predicted molar refractivity (Wildman–Crippen MR) is 131 cm³/mol. The monoisotopic (exact) mass is 521 g/mol. The molecule has 3 atom stereocenters. The topological polar surface area (TPSA) is 145 Å². The van der Waals surface area contributed by atoms with Crippen LogP contribution in [0.4, 0.5) is 10.5 Å². The molecule has 0 spiro atoms. The molecule has 1 N–H and O–H groups in total. The van der Waals surface area contributed by atoms with Crippen molar-refractivity contribution in [3.63, 3.8) is 0 Å². The van der Waals surface area contributed by atoms with Crippen molar-refractivity contribution in [3.8, 4) is 0 Å². The smallest absolute Gasteiger partial charge is 0.407 e. The van der Waals surface area contributed by atoms with E-state index in [2.05, 4.69) is 5.32 Å². The molecule has 1 aromatic carbocycles. The molecule has 0 bridgehead atoms. The molecule has 1 aromatic rings. The zero-order valence-electron chi connectivity index (χ0n) is 20.9. The number of nitrogens with zero attached hydrogens (tertiary/aromatic N) is 2. The number of benzene rings is 1. The van der Waals surface area contributed by atoms with Crippen molar-refractivity contribution in [2.75, 3.05) is 12.3 Å². The van der Waals surface area contributed by atoms with E-state index in [0.717, 1.165) is 0 Å². The van der Waals surface area contributed by atoms with Gasteiger partial charge in [-0.15, -0.1) is 0 Å². The maximum absolute atomic E-state index is 13.2. The highest BCUT2D eigenvalue weighted by atomic mass is 32.2. The third kappa shape index (κ3) is 6.10. The summed E-state index contributed by atoms with van der Waals surface area (Å²) in [4.78, 5) is 49.7. The van der Waals surface area contributed by atoms with Crippen LogP contribution in [0.2, 0.25) is 0 Å². The Morgan fingerprint density at radius 3 is 2.44 bits per heavy atom. The number of esters is 1. The minimum atomic E-state index is -1.65. The van der Waals surface area contributed by atoms with Gasteiger partial charge >= 0.3 is 12.1 Å². The van der Waals surface area contributed by atoms with Crippen molar-refractivity contribution >= 4 is 34.5 Å². The van der Waals surface area contributed by atoms with E-state index in [1.54, 1.807) is 20.8 Å². The van der Waals surface area contributed by atoms with Gasteiger partial charge in [-0.3, -0.25) is 19.1 Å². The average molecular weight is 522 g/mol. The molecule has 196 valence electrons. The van der Waals surface area contributed by atoms with Gasteiger partial charge in [-0.2, -0.15) is 0 Å². The van der Waals surface area contributed by atoms with Gasteiger partial charge in [0.15, 0.2) is 0 Å². The van der Waals surface area contributed by atoms with E-state index in [4.69, 9.17) is 9.47 Å². The molecule has 11 nitrogen and oxygen atoms in total. The number of alkyl carbamates (subject to hydrolysis) is 1. The fourth-order valence-electron chi connectivity index (χ4n) is 4.24. The number of hydrogen-bond acceptors (Lipinski definition) is 8. The van der Waals surface area contributed by atoms with Crippen LogP contribution < -0.4 is 5.32 Å². The van der Waals surface area contributed by atoms with Gasteiger partial charge in [-0.1, -0.05) is 13.8 Å². The van der Waals surface area contributed by atoms with E-state index in [1.165, 1.54) is 29.2 Å². The minimum Gasteiger partial charge on any atom is -0.456 e. The zero-order valence-corrected chi connectivity index (χ0v) is 21.8. The van der Waals surface area contributed by atoms with Gasteiger partial charge in [0.2, 0.25) is 5.91 Å². The van der Waals surface area contributed by atoms with Gasteiger partial charge < -0.3 is 19.7 Å². The van der Waals surface area contributed by atoms with Gasteiger partial charge in [0, 0.05) is 35.8 Å². The lowest BCUT2D eigenvalue weighted by Crippen LogP contribution is -2.60. The summed E-state index contributed by atoms with van der Waals surface area (Å²) in [6, 6.07) is 5.29. The van der Waals surface area contributed by atoms with Crippen molar-refractivity contribution < 1.29 is 33.0 Å². The molecular formula is C24H31N3O8S. The first-order valence-electron chi connectivity index (χ1n) is 11.6. The van der Waals surface area contributed by atoms with E-state index >= 15 is 0 Å². The number of carbonyl (C=O) groups is 3. The quantitative estimate of drug-likeness (QED) is 0.226. The number of β-lactam (4-membered cyclic amide) rings is 1. The Morgan fingerprint density at radius 2 is 1.89 bits per heavy atom. The third-order valence-electron chi connectivity index (χ3n) is 5.83. The van der Waals surface area contributed by atoms with E-state index in [0.29, 0.717) is 10.5 Å². The number of carbonyl (C=O) groups excluding carboxylic acids is 3. The number of amides is 2. The maximum Gasteiger partial charge on any atom is 0.407 e. The van der Waals surface area contributed by atoms with Crippen molar-refractivity contribution in [1.82, 2.24) is 10.2 Å². The molecule has 2 aliphatic rings. The molecule has 0 aliphatic carbocycles. The number of nitro groups is 1. The van der Waals surface area contributed by atoms with E-state index in [1.807, 2.05) is 13.8 Å². The second-order valence-corrected chi connectivity index (χ2v) is 11.6. The fourth-order valence-corrected chi connectivity index (χ4v) is 5.53. The number of ether oxygens (including phenoxy) is 2. The van der Waals surface area contributed by atoms with Gasteiger partial charge in [0.05, 0.1) is 27.7 Å². The normalized spacial score (nSPS) is 20.1. The van der Waals surface area contributed by atoms with Crippen LogP contribution in [-0.2, 0) is 36.5 Å². The lowest BCUT2D eigenvalue weighted by atomic mass is 9.79. The van der Waals surface area contributed by atoms with Gasteiger partial charge in [-0.25, -0.2) is 9.59 Å². The van der Waals surface area contributed by atoms with Crippen molar-refractivity contribution in [3.05, 3.63) is 50.5 Å². The lowest BCUT2D eigenvalue weighted by molar-refractivity contribution is -0.384. The average Bonchev–Trinajstić information content (AvgIpc) is 3.11. The Bertz CT molecular complexity index is 1110. The first-order chi connectivity index (χ1) is 16.8. The summed E-state index contributed by atoms with van der Waals surface area (Å²) >= 11 is 0. The molecule has 0 aromatic heterocycles. The number of nitro benzene ring substituents is 1. The van der Waals surface area contributed by atoms with Crippen molar-refractivity contribution in [1.29, 1.82) is 0 Å². The summed E-state index contributed by atoms with van der Waals surface area (Å²) in [6.07, 6.45) is -0.350. The zero-order chi connectivity index (χ0) is 26.8. The van der Waals surface area contributed by atoms with Gasteiger partial charge in [0.1, 0.15) is 17.9 Å². The highest BCUT2D eigenvalue weighted by molar-refractivity contribution is 7.89. The largest absolute Gasteiger partial charge is 0.456 e. The van der Waals surface area contributed by atoms with Crippen LogP contribution in [0.25, 0.3) is 0 Å². The fraction of sp³-hybridized carbons (Fsp3) is 0.542. The minimum absolute atomic E-state index is 0.0144. The molecule has 0 saturated carbocycles. The van der Waals surface area contributed by atoms with Gasteiger partial charge in [0.25, 0.3) is 5.69 Å². The van der Waals surface area contributed by atoms with Crippen molar-refractivity contribution in [2.24, 2.45) is 11.8 Å². The number of hydrogen-bond donors (Lipinski definition) is 1. The summed E-state index contributed by atoms with van der Waals surface area (Å²) in [5.74, 6) is -1.19. The van der Waals surface area contributed by atoms with Crippen LogP contribution >= 0.6 is 0 Å². The molecule has 3 unspecified atom stereocenters. The highest BCUT2D eigenvalue weighted by Crippen LogP contribution is 2.46. The second-order valence-electron chi connectivity index (χ2n) is 10.00. The molecule has 12 heteroatoms. The van der Waals surface area contributed by atoms with Crippen LogP contribution in [0.1, 0.15) is 46.6 Å². The Hall–Kier alpha value is -3.28. The van der Waals surface area contributed by atoms with Crippen LogP contribution in [-0.4, -0.2) is 55.9 Å². The molecule has 1 fully saturated rings. The molecule has 2 aliphatic heterocycles. The standard InChI is InChI=1S/C24H31N3O8S/c1-14(2)19-17-12-18(36(33)11-10-25-23(30)35-24(3,4)5)20(26(17)21(19)28)22(29)34-13-15-6-8-16(9-7-15)27(31)32/h6-9,14,17,19H,10-13H2,1-5H3,(H,25,30). The molecule has 2 heterocycles. The van der Waals surface area contributed by atoms with E-state index in [-0.39, 0.29) is 60.5 Å². The number of rotatable bonds is 9. The molecular weight excluding hydrogens is 490 g/mol. The summed E-state index contributed by atoms with van der Waals surface area (Å²) in [6.45, 7) is 8.93. The summed E-state index contributed by atoms with van der Waals surface area (Å²) in [7, 11) is -1.65. The van der Waals surface area contributed by atoms with Crippen LogP contribution in [0.3, 0.4) is 0 Å². The summed E-state index contributed by atoms with van der Waals surface area (Å²) < 4.78 is 23.7. The van der Waals surface area contributed by atoms with Crippen LogP contribution in [0, 0.1) is 22.0 Å². The molecule has 2 amide bonds. The Kier molecular flexibility index (Phi) is 8.17. The first-order valence-corrected chi connectivity index (χ1v) is 12.9. The lowest BCUT2D eigenvalue weighted by Gasteiger charge is -2.45. The third-order valence-corrected chi connectivity index (χ3v) is 7.31.